The van der Waals surface area contributed by atoms with Gasteiger partial charge in [0.25, 0.3) is 0 Å². The molecule has 0 amide bonds. The summed E-state index contributed by atoms with van der Waals surface area (Å²) >= 11 is 1.53. The molecule has 0 spiro atoms. The van der Waals surface area contributed by atoms with Gasteiger partial charge in [0, 0.05) is 5.75 Å². The Morgan fingerprint density at radius 2 is 2.17 bits per heavy atom. The number of aliphatic hydroxyl groups is 2. The molecule has 2 atom stereocenters. The van der Waals surface area contributed by atoms with E-state index in [-0.39, 0.29) is 6.61 Å². The second-order valence-corrected chi connectivity index (χ2v) is 5.73. The zero-order chi connectivity index (χ0) is 14.0. The quantitative estimate of drug-likeness (QED) is 0.416. The van der Waals surface area contributed by atoms with Crippen LogP contribution in [0.5, 0.6) is 0 Å². The molecule has 0 aliphatic carbocycles. The maximum Gasteiger partial charge on any atom is 0.323 e. The Hall–Kier alpha value is -0.300. The number of aliphatic hydroxyl groups excluding tert-OH is 2. The second-order valence-electron chi connectivity index (χ2n) is 4.58. The van der Waals surface area contributed by atoms with E-state index >= 15 is 0 Å². The van der Waals surface area contributed by atoms with Crippen LogP contribution in [0.25, 0.3) is 0 Å². The van der Waals surface area contributed by atoms with Gasteiger partial charge in [-0.1, -0.05) is 6.92 Å². The van der Waals surface area contributed by atoms with Gasteiger partial charge in [-0.3, -0.25) is 4.79 Å². The summed E-state index contributed by atoms with van der Waals surface area (Å²) in [5, 5.41) is 30.0. The van der Waals surface area contributed by atoms with E-state index in [9.17, 15) is 9.90 Å². The molecular formula is C12H25NO4S. The van der Waals surface area contributed by atoms with Gasteiger partial charge in [0.1, 0.15) is 5.54 Å². The third kappa shape index (κ3) is 7.20. The molecule has 0 saturated carbocycles. The predicted molar refractivity (Wildman–Crippen MR) is 74.0 cm³/mol. The van der Waals surface area contributed by atoms with Crippen molar-refractivity contribution in [2.45, 2.75) is 44.8 Å². The molecule has 5 nitrogen and oxygen atoms in total. The Balaban J connectivity index is 3.87. The monoisotopic (exact) mass is 279 g/mol. The first-order chi connectivity index (χ1) is 8.46. The van der Waals surface area contributed by atoms with Gasteiger partial charge >= 0.3 is 5.97 Å². The third-order valence-electron chi connectivity index (χ3n) is 2.72. The highest BCUT2D eigenvalue weighted by Crippen LogP contribution is 2.16. The van der Waals surface area contributed by atoms with Crippen LogP contribution in [0.2, 0.25) is 0 Å². The highest BCUT2D eigenvalue weighted by molar-refractivity contribution is 7.99. The van der Waals surface area contributed by atoms with Gasteiger partial charge in [-0.2, -0.15) is 11.8 Å². The summed E-state index contributed by atoms with van der Waals surface area (Å²) < 4.78 is 0. The fourth-order valence-corrected chi connectivity index (χ4v) is 2.36. The summed E-state index contributed by atoms with van der Waals surface area (Å²) in [5.74, 6) is 0.451. The van der Waals surface area contributed by atoms with Crippen molar-refractivity contribution < 1.29 is 20.1 Å². The van der Waals surface area contributed by atoms with Crippen LogP contribution in [0.15, 0.2) is 0 Å². The van der Waals surface area contributed by atoms with Crippen molar-refractivity contribution in [3.63, 3.8) is 0 Å². The molecule has 0 aromatic carbocycles. The van der Waals surface area contributed by atoms with Gasteiger partial charge in [0.2, 0.25) is 0 Å². The zero-order valence-corrected chi connectivity index (χ0v) is 12.0. The molecular weight excluding hydrogens is 254 g/mol. The first kappa shape index (κ1) is 17.7. The molecule has 0 bridgehead atoms. The lowest BCUT2D eigenvalue weighted by Gasteiger charge is -2.26. The van der Waals surface area contributed by atoms with Gasteiger partial charge in [0.05, 0.1) is 12.7 Å². The molecule has 0 rings (SSSR count). The van der Waals surface area contributed by atoms with Crippen LogP contribution in [0.1, 0.15) is 33.1 Å². The van der Waals surface area contributed by atoms with E-state index in [0.29, 0.717) is 18.7 Å². The summed E-state index contributed by atoms with van der Waals surface area (Å²) in [5.41, 5.74) is -0.869. The summed E-state index contributed by atoms with van der Waals surface area (Å²) in [7, 11) is 0. The van der Waals surface area contributed by atoms with Crippen LogP contribution in [-0.2, 0) is 4.79 Å². The van der Waals surface area contributed by atoms with Crippen molar-refractivity contribution >= 4 is 17.7 Å². The Kier molecular flexibility index (Phi) is 9.45. The van der Waals surface area contributed by atoms with Crippen LogP contribution >= 0.6 is 11.8 Å². The zero-order valence-electron chi connectivity index (χ0n) is 11.2. The van der Waals surface area contributed by atoms with Crippen molar-refractivity contribution in [3.05, 3.63) is 0 Å². The Morgan fingerprint density at radius 1 is 1.50 bits per heavy atom. The largest absolute Gasteiger partial charge is 0.480 e. The van der Waals surface area contributed by atoms with E-state index < -0.39 is 17.6 Å². The maximum atomic E-state index is 11.2. The fourth-order valence-electron chi connectivity index (χ4n) is 1.47. The molecule has 0 aliphatic heterocycles. The van der Waals surface area contributed by atoms with Crippen molar-refractivity contribution in [1.29, 1.82) is 0 Å². The highest BCUT2D eigenvalue weighted by atomic mass is 32.2. The number of thioether (sulfide) groups is 1. The minimum Gasteiger partial charge on any atom is -0.480 e. The molecule has 0 fully saturated rings. The normalized spacial score (nSPS) is 16.2. The summed E-state index contributed by atoms with van der Waals surface area (Å²) in [4.78, 5) is 11.2. The van der Waals surface area contributed by atoms with Crippen LogP contribution < -0.4 is 5.32 Å². The number of hydrogen-bond acceptors (Lipinski definition) is 5. The lowest BCUT2D eigenvalue weighted by Crippen LogP contribution is -2.49. The SMILES string of the molecule is CCCNC(C)(CCCSCC(O)CO)C(=O)O. The predicted octanol–water partition coefficient (Wildman–Crippen LogP) is 0.696. The van der Waals surface area contributed by atoms with E-state index in [2.05, 4.69) is 5.32 Å². The molecule has 2 unspecified atom stereocenters. The topological polar surface area (TPSA) is 89.8 Å². The minimum absolute atomic E-state index is 0.224. The summed E-state index contributed by atoms with van der Waals surface area (Å²) in [6, 6.07) is 0. The lowest BCUT2D eigenvalue weighted by molar-refractivity contribution is -0.144. The van der Waals surface area contributed by atoms with Crippen LogP contribution in [0, 0.1) is 0 Å². The number of carboxylic acids is 1. The highest BCUT2D eigenvalue weighted by Gasteiger charge is 2.31. The second kappa shape index (κ2) is 9.61. The average molecular weight is 279 g/mol. The number of nitrogens with one attached hydrogen (secondary N) is 1. The maximum absolute atomic E-state index is 11.2. The molecule has 0 aliphatic rings. The smallest absolute Gasteiger partial charge is 0.323 e. The number of rotatable bonds is 11. The standard InChI is InChI=1S/C12H25NO4S/c1-3-6-13-12(2,11(16)17)5-4-7-18-9-10(15)8-14/h10,13-15H,3-9H2,1-2H3,(H,16,17). The van der Waals surface area contributed by atoms with Crippen molar-refractivity contribution in [3.8, 4) is 0 Å². The molecule has 0 aromatic heterocycles. The summed E-state index contributed by atoms with van der Waals surface area (Å²) in [6.07, 6.45) is 1.55. The number of carboxylic acid groups (broad SMARTS) is 1. The first-order valence-corrected chi connectivity index (χ1v) is 7.46. The van der Waals surface area contributed by atoms with E-state index in [4.69, 9.17) is 10.2 Å². The molecule has 6 heteroatoms. The molecule has 0 saturated heterocycles. The van der Waals surface area contributed by atoms with Gasteiger partial charge in [-0.15, -0.1) is 0 Å². The Labute approximate surface area is 113 Å². The Bertz CT molecular complexity index is 240. The van der Waals surface area contributed by atoms with Gasteiger partial charge < -0.3 is 20.6 Å². The fraction of sp³-hybridized carbons (Fsp3) is 0.917. The first-order valence-electron chi connectivity index (χ1n) is 6.31. The molecule has 108 valence electrons. The van der Waals surface area contributed by atoms with Crippen molar-refractivity contribution in [2.75, 3.05) is 24.7 Å². The van der Waals surface area contributed by atoms with E-state index in [0.717, 1.165) is 18.6 Å². The van der Waals surface area contributed by atoms with Crippen LogP contribution in [0.3, 0.4) is 0 Å². The average Bonchev–Trinajstić information content (AvgIpc) is 2.35. The number of carbonyl (C=O) groups is 1. The molecule has 0 heterocycles. The molecule has 0 aromatic rings. The molecule has 0 radical (unpaired) electrons. The van der Waals surface area contributed by atoms with Gasteiger partial charge in [0.15, 0.2) is 0 Å². The van der Waals surface area contributed by atoms with Crippen molar-refractivity contribution in [2.24, 2.45) is 0 Å². The Morgan fingerprint density at radius 3 is 2.67 bits per heavy atom. The number of aliphatic carboxylic acids is 1. The minimum atomic E-state index is -0.869. The molecule has 4 N–H and O–H groups in total. The van der Waals surface area contributed by atoms with E-state index in [1.807, 2.05) is 6.92 Å². The van der Waals surface area contributed by atoms with Crippen LogP contribution in [0.4, 0.5) is 0 Å². The lowest BCUT2D eigenvalue weighted by atomic mass is 9.96. The third-order valence-corrected chi connectivity index (χ3v) is 3.92. The number of hydrogen-bond donors (Lipinski definition) is 4. The van der Waals surface area contributed by atoms with Gasteiger partial charge in [-0.05, 0) is 38.5 Å². The summed E-state index contributed by atoms with van der Waals surface area (Å²) in [6.45, 7) is 4.18. The van der Waals surface area contributed by atoms with Gasteiger partial charge in [-0.25, -0.2) is 0 Å². The van der Waals surface area contributed by atoms with E-state index in [1.54, 1.807) is 6.92 Å². The van der Waals surface area contributed by atoms with E-state index in [1.165, 1.54) is 11.8 Å². The molecule has 18 heavy (non-hydrogen) atoms. The van der Waals surface area contributed by atoms with Crippen LogP contribution in [-0.4, -0.2) is 57.6 Å². The van der Waals surface area contributed by atoms with Crippen molar-refractivity contribution in [1.82, 2.24) is 5.32 Å².